The molecule has 2 heterocycles. The maximum atomic E-state index is 11.7. The Hall–Kier alpha value is -3.30. The molecule has 0 aromatic heterocycles. The molecule has 2 aliphatic rings. The molecule has 1 atom stereocenters. The number of hydrogen-bond acceptors (Lipinski definition) is 6. The van der Waals surface area contributed by atoms with E-state index in [2.05, 4.69) is 38.3 Å². The zero-order chi connectivity index (χ0) is 22.6. The van der Waals surface area contributed by atoms with Gasteiger partial charge in [-0.2, -0.15) is 0 Å². The first-order valence-corrected chi connectivity index (χ1v) is 12.4. The summed E-state index contributed by atoms with van der Waals surface area (Å²) < 4.78 is 23.3. The first-order valence-electron chi connectivity index (χ1n) is 10.5. The summed E-state index contributed by atoms with van der Waals surface area (Å²) >= 11 is 0. The molecule has 9 heteroatoms. The number of anilines is 2. The summed E-state index contributed by atoms with van der Waals surface area (Å²) in [6.45, 7) is 3.98. The zero-order valence-electron chi connectivity index (χ0n) is 17.9. The van der Waals surface area contributed by atoms with Crippen molar-refractivity contribution in [2.45, 2.75) is 11.1 Å². The van der Waals surface area contributed by atoms with Crippen LogP contribution in [0.25, 0.3) is 5.70 Å². The van der Waals surface area contributed by atoms with Crippen molar-refractivity contribution in [3.63, 3.8) is 0 Å². The number of nitrogens with zero attached hydrogens (tertiary/aromatic N) is 1. The summed E-state index contributed by atoms with van der Waals surface area (Å²) in [5.74, 6) is 0.177. The summed E-state index contributed by atoms with van der Waals surface area (Å²) in [5.41, 5.74) is 3.74. The molecule has 0 radical (unpaired) electrons. The largest absolute Gasteiger partial charge is 0.369 e. The lowest BCUT2D eigenvalue weighted by molar-refractivity contribution is 0.589. The van der Waals surface area contributed by atoms with Crippen LogP contribution in [0.4, 0.5) is 11.4 Å². The molecule has 8 nitrogen and oxygen atoms in total. The van der Waals surface area contributed by atoms with Crippen molar-refractivity contribution in [1.82, 2.24) is 16.0 Å². The van der Waals surface area contributed by atoms with Gasteiger partial charge in [-0.3, -0.25) is 5.41 Å². The van der Waals surface area contributed by atoms with Crippen molar-refractivity contribution < 1.29 is 8.42 Å². The highest BCUT2D eigenvalue weighted by Gasteiger charge is 2.14. The number of hydrogen-bond donors (Lipinski definition) is 5. The lowest BCUT2D eigenvalue weighted by Crippen LogP contribution is -2.46. The second-order valence-corrected chi connectivity index (χ2v) is 9.83. The van der Waals surface area contributed by atoms with Crippen LogP contribution in [0.5, 0.6) is 0 Å². The predicted octanol–water partition coefficient (Wildman–Crippen LogP) is 1.96. The smallest absolute Gasteiger partial charge is 0.194 e. The number of allylic oxidation sites excluding steroid dienone is 2. The highest BCUT2D eigenvalue weighted by molar-refractivity contribution is 7.90. The van der Waals surface area contributed by atoms with Gasteiger partial charge in [0.2, 0.25) is 0 Å². The van der Waals surface area contributed by atoms with E-state index in [-0.39, 0.29) is 17.0 Å². The second kappa shape index (κ2) is 9.46. The second-order valence-electron chi connectivity index (χ2n) is 7.81. The molecule has 1 unspecified atom stereocenters. The molecule has 2 aliphatic heterocycles. The van der Waals surface area contributed by atoms with Gasteiger partial charge in [0.15, 0.2) is 15.8 Å². The van der Waals surface area contributed by atoms with Crippen molar-refractivity contribution >= 4 is 32.9 Å². The quantitative estimate of drug-likeness (QED) is 0.349. The van der Waals surface area contributed by atoms with Crippen molar-refractivity contribution in [2.75, 3.05) is 42.7 Å². The normalized spacial score (nSPS) is 18.5. The minimum Gasteiger partial charge on any atom is -0.369 e. The highest BCUT2D eigenvalue weighted by Crippen LogP contribution is 2.20. The zero-order valence-corrected chi connectivity index (χ0v) is 18.7. The Labute approximate surface area is 188 Å². The van der Waals surface area contributed by atoms with E-state index in [4.69, 9.17) is 5.41 Å². The molecule has 5 N–H and O–H groups in total. The third-order valence-electron chi connectivity index (χ3n) is 5.39. The summed E-state index contributed by atoms with van der Waals surface area (Å²) in [7, 11) is -3.22. The molecule has 32 heavy (non-hydrogen) atoms. The van der Waals surface area contributed by atoms with Crippen LogP contribution in [-0.2, 0) is 9.84 Å². The van der Waals surface area contributed by atoms with Crippen LogP contribution < -0.4 is 26.2 Å². The fraction of sp³-hybridized carbons (Fsp3) is 0.261. The third-order valence-corrected chi connectivity index (χ3v) is 6.52. The number of guanidine groups is 1. The number of benzene rings is 2. The van der Waals surface area contributed by atoms with Crippen LogP contribution in [0.3, 0.4) is 0 Å². The van der Waals surface area contributed by atoms with E-state index in [0.717, 1.165) is 43.1 Å². The molecular weight excluding hydrogens is 424 g/mol. The standard InChI is InChI=1S/C23H28N6O2S/c1-32(30,31)20-11-5-17(6-12-20)21-3-2-4-22(27-21)28-23(24)26-18-7-9-19(10-8-18)29-15-13-25-14-16-29/h2-12,22,25,27H,13-16H2,1H3,(H3,24,26,28). The maximum absolute atomic E-state index is 11.7. The molecule has 1 saturated heterocycles. The molecule has 1 fully saturated rings. The lowest BCUT2D eigenvalue weighted by Gasteiger charge is -2.29. The van der Waals surface area contributed by atoms with E-state index in [0.29, 0.717) is 0 Å². The minimum absolute atomic E-state index is 0.177. The van der Waals surface area contributed by atoms with Gasteiger partial charge < -0.3 is 26.2 Å². The average Bonchev–Trinajstić information content (AvgIpc) is 2.80. The van der Waals surface area contributed by atoms with Crippen molar-refractivity contribution in [3.8, 4) is 0 Å². The molecule has 0 spiro atoms. The molecular formula is C23H28N6O2S. The third kappa shape index (κ3) is 5.49. The number of piperazine rings is 1. The molecule has 0 bridgehead atoms. The van der Waals surface area contributed by atoms with Gasteiger partial charge in [0, 0.05) is 49.5 Å². The van der Waals surface area contributed by atoms with Crippen LogP contribution >= 0.6 is 0 Å². The average molecular weight is 453 g/mol. The monoisotopic (exact) mass is 452 g/mol. The Kier molecular flexibility index (Phi) is 6.48. The van der Waals surface area contributed by atoms with E-state index in [1.165, 1.54) is 11.9 Å². The molecule has 0 saturated carbocycles. The number of sulfone groups is 1. The molecule has 2 aromatic rings. The summed E-state index contributed by atoms with van der Waals surface area (Å²) in [6.07, 6.45) is 6.66. The van der Waals surface area contributed by atoms with Crippen LogP contribution in [0.15, 0.2) is 71.7 Å². The van der Waals surface area contributed by atoms with Gasteiger partial charge in [0.05, 0.1) is 4.90 Å². The molecule has 168 valence electrons. The molecule has 4 rings (SSSR count). The van der Waals surface area contributed by atoms with E-state index in [1.807, 2.05) is 30.4 Å². The fourth-order valence-corrected chi connectivity index (χ4v) is 4.32. The number of rotatable bonds is 5. The van der Waals surface area contributed by atoms with Gasteiger partial charge in [-0.15, -0.1) is 0 Å². The fourth-order valence-electron chi connectivity index (χ4n) is 3.69. The SMILES string of the molecule is CS(=O)(=O)c1ccc(C2=CC=CC(NC(=N)Nc3ccc(N4CCNCC4)cc3)N2)cc1. The number of nitrogens with one attached hydrogen (secondary N) is 5. The van der Waals surface area contributed by atoms with Gasteiger partial charge in [-0.1, -0.05) is 18.2 Å². The molecule has 0 amide bonds. The first-order chi connectivity index (χ1) is 15.4. The number of dihydropyridines is 1. The Balaban J connectivity index is 1.32. The van der Waals surface area contributed by atoms with Crippen LogP contribution in [0.1, 0.15) is 5.56 Å². The van der Waals surface area contributed by atoms with Gasteiger partial charge in [0.25, 0.3) is 0 Å². The van der Waals surface area contributed by atoms with Crippen LogP contribution in [0.2, 0.25) is 0 Å². The predicted molar refractivity (Wildman–Crippen MR) is 130 cm³/mol. The van der Waals surface area contributed by atoms with Crippen molar-refractivity contribution in [2.24, 2.45) is 0 Å². The van der Waals surface area contributed by atoms with Crippen LogP contribution in [0, 0.1) is 5.41 Å². The van der Waals surface area contributed by atoms with Crippen molar-refractivity contribution in [1.29, 1.82) is 5.41 Å². The summed E-state index contributed by atoms with van der Waals surface area (Å²) in [6, 6.07) is 14.8. The lowest BCUT2D eigenvalue weighted by atomic mass is 10.1. The minimum atomic E-state index is -3.22. The van der Waals surface area contributed by atoms with Crippen molar-refractivity contribution in [3.05, 3.63) is 72.3 Å². The van der Waals surface area contributed by atoms with E-state index < -0.39 is 9.84 Å². The van der Waals surface area contributed by atoms with Crippen LogP contribution in [-0.4, -0.2) is 53.0 Å². The Morgan fingerprint density at radius 3 is 2.41 bits per heavy atom. The van der Waals surface area contributed by atoms with Gasteiger partial charge in [-0.25, -0.2) is 8.42 Å². The highest BCUT2D eigenvalue weighted by atomic mass is 32.2. The summed E-state index contributed by atoms with van der Waals surface area (Å²) in [5, 5.41) is 21.1. The summed E-state index contributed by atoms with van der Waals surface area (Å²) in [4.78, 5) is 2.63. The van der Waals surface area contributed by atoms with Gasteiger partial charge in [0.1, 0.15) is 6.17 Å². The van der Waals surface area contributed by atoms with Gasteiger partial charge in [-0.05, 0) is 54.1 Å². The van der Waals surface area contributed by atoms with E-state index >= 15 is 0 Å². The Morgan fingerprint density at radius 2 is 1.75 bits per heavy atom. The maximum Gasteiger partial charge on any atom is 0.194 e. The molecule has 2 aromatic carbocycles. The Bertz CT molecular complexity index is 1120. The van der Waals surface area contributed by atoms with E-state index in [1.54, 1.807) is 24.3 Å². The molecule has 0 aliphatic carbocycles. The Morgan fingerprint density at radius 1 is 1.06 bits per heavy atom. The first kappa shape index (κ1) is 21.9. The van der Waals surface area contributed by atoms with E-state index in [9.17, 15) is 8.42 Å². The van der Waals surface area contributed by atoms with Gasteiger partial charge >= 0.3 is 0 Å². The topological polar surface area (TPSA) is 109 Å².